The van der Waals surface area contributed by atoms with Crippen LogP contribution in [0.2, 0.25) is 0 Å². The number of nitrogens with zero attached hydrogens (tertiary/aromatic N) is 1. The Labute approximate surface area is 196 Å². The summed E-state index contributed by atoms with van der Waals surface area (Å²) in [7, 11) is 0. The predicted octanol–water partition coefficient (Wildman–Crippen LogP) is 0.144. The van der Waals surface area contributed by atoms with Crippen molar-refractivity contribution in [1.29, 1.82) is 0 Å². The maximum atomic E-state index is 11.8. The minimum absolute atomic E-state index is 0.103. The number of aliphatic hydroxyl groups is 2. The van der Waals surface area contributed by atoms with E-state index in [2.05, 4.69) is 6.58 Å². The van der Waals surface area contributed by atoms with Crippen LogP contribution < -0.4 is 9.47 Å². The number of benzene rings is 1. The van der Waals surface area contributed by atoms with E-state index in [0.29, 0.717) is 11.5 Å². The Morgan fingerprint density at radius 3 is 2.00 bits per heavy atom. The molecule has 2 rings (SSSR count). The average molecular weight is 477 g/mol. The number of aliphatic hydroxyl groups excluding tert-OH is 2. The van der Waals surface area contributed by atoms with E-state index in [-0.39, 0.29) is 45.0 Å². The quantitative estimate of drug-likeness (QED) is 0.215. The minimum Gasteiger partial charge on any atom is -0.491 e. The first kappa shape index (κ1) is 26.6. The van der Waals surface area contributed by atoms with Crippen LogP contribution >= 0.6 is 0 Å². The number of ether oxygens (including phenoxy) is 4. The summed E-state index contributed by atoms with van der Waals surface area (Å²) in [6, 6.07) is 6.42. The zero-order valence-electron chi connectivity index (χ0n) is 18.7. The lowest BCUT2D eigenvalue weighted by Gasteiger charge is -2.16. The lowest BCUT2D eigenvalue weighted by atomic mass is 10.3. The molecule has 34 heavy (non-hydrogen) atoms. The van der Waals surface area contributed by atoms with Gasteiger partial charge in [0.25, 0.3) is 11.8 Å². The average Bonchev–Trinajstić information content (AvgIpc) is 3.14. The number of amides is 2. The highest BCUT2D eigenvalue weighted by Gasteiger charge is 2.24. The standard InChI is InChI=1S/C23H27NO10/c1-15(2)23(30)34-14-17(26)12-32-19-5-3-4-18(10-19)31-11-16(25)13-33-22(29)8-9-24-20(27)6-7-21(24)28/h3-7,10,16-17,25-26H,1,8-9,11-14H2,2H3. The van der Waals surface area contributed by atoms with Crippen molar-refractivity contribution in [2.45, 2.75) is 25.6 Å². The Balaban J connectivity index is 1.66. The van der Waals surface area contributed by atoms with Crippen molar-refractivity contribution in [1.82, 2.24) is 4.90 Å². The van der Waals surface area contributed by atoms with Crippen LogP contribution in [-0.2, 0) is 28.7 Å². The lowest BCUT2D eigenvalue weighted by Crippen LogP contribution is -2.33. The maximum absolute atomic E-state index is 11.8. The van der Waals surface area contributed by atoms with Gasteiger partial charge >= 0.3 is 11.9 Å². The molecule has 1 aromatic carbocycles. The van der Waals surface area contributed by atoms with Crippen molar-refractivity contribution >= 4 is 23.8 Å². The first-order valence-electron chi connectivity index (χ1n) is 10.4. The monoisotopic (exact) mass is 477 g/mol. The van der Waals surface area contributed by atoms with E-state index in [4.69, 9.17) is 18.9 Å². The van der Waals surface area contributed by atoms with Gasteiger partial charge in [0.05, 0.1) is 6.42 Å². The second-order valence-electron chi connectivity index (χ2n) is 7.38. The third-order valence-corrected chi connectivity index (χ3v) is 4.32. The molecule has 1 aromatic rings. The second kappa shape index (κ2) is 13.1. The van der Waals surface area contributed by atoms with Crippen LogP contribution in [0.15, 0.2) is 48.6 Å². The molecule has 0 radical (unpaired) electrons. The summed E-state index contributed by atoms with van der Waals surface area (Å²) in [5.74, 6) is -1.51. The fourth-order valence-corrected chi connectivity index (χ4v) is 2.55. The SMILES string of the molecule is C=C(C)C(=O)OCC(O)COc1cccc(OCC(O)COC(=O)CCN2C(=O)C=CC2=O)c1. The molecule has 2 N–H and O–H groups in total. The fourth-order valence-electron chi connectivity index (χ4n) is 2.55. The number of esters is 2. The summed E-state index contributed by atoms with van der Waals surface area (Å²) in [4.78, 5) is 46.9. The highest BCUT2D eigenvalue weighted by atomic mass is 16.6. The zero-order chi connectivity index (χ0) is 25.1. The molecule has 0 bridgehead atoms. The van der Waals surface area contributed by atoms with Crippen LogP contribution in [0.25, 0.3) is 0 Å². The molecule has 11 nitrogen and oxygen atoms in total. The van der Waals surface area contributed by atoms with E-state index in [1.165, 1.54) is 13.0 Å². The molecular weight excluding hydrogens is 450 g/mol. The van der Waals surface area contributed by atoms with Crippen molar-refractivity contribution in [3.8, 4) is 11.5 Å². The van der Waals surface area contributed by atoms with Gasteiger partial charge in [-0.3, -0.25) is 19.3 Å². The first-order chi connectivity index (χ1) is 16.2. The minimum atomic E-state index is -1.12. The lowest BCUT2D eigenvalue weighted by molar-refractivity contribution is -0.148. The molecule has 0 spiro atoms. The van der Waals surface area contributed by atoms with Gasteiger partial charge in [-0.25, -0.2) is 4.79 Å². The number of carbonyl (C=O) groups is 4. The molecule has 2 atom stereocenters. The molecule has 0 fully saturated rings. The largest absolute Gasteiger partial charge is 0.491 e. The second-order valence-corrected chi connectivity index (χ2v) is 7.38. The van der Waals surface area contributed by atoms with Gasteiger partial charge in [-0.1, -0.05) is 12.6 Å². The van der Waals surface area contributed by atoms with Gasteiger partial charge in [0, 0.05) is 30.3 Å². The molecule has 2 amide bonds. The summed E-state index contributed by atoms with van der Waals surface area (Å²) in [5, 5.41) is 19.8. The summed E-state index contributed by atoms with van der Waals surface area (Å²) >= 11 is 0. The van der Waals surface area contributed by atoms with Crippen molar-refractivity contribution in [2.24, 2.45) is 0 Å². The van der Waals surface area contributed by atoms with Gasteiger partial charge in [0.2, 0.25) is 0 Å². The Morgan fingerprint density at radius 2 is 1.47 bits per heavy atom. The van der Waals surface area contributed by atoms with E-state index >= 15 is 0 Å². The summed E-state index contributed by atoms with van der Waals surface area (Å²) in [6.07, 6.45) is -0.0980. The molecule has 184 valence electrons. The Hall–Kier alpha value is -3.70. The number of carbonyl (C=O) groups excluding carboxylic acids is 4. The number of hydrogen-bond acceptors (Lipinski definition) is 10. The molecule has 1 aliphatic heterocycles. The summed E-state index contributed by atoms with van der Waals surface area (Å²) < 4.78 is 20.7. The predicted molar refractivity (Wildman–Crippen MR) is 117 cm³/mol. The van der Waals surface area contributed by atoms with Crippen LogP contribution in [0, 0.1) is 0 Å². The molecule has 11 heteroatoms. The molecule has 0 saturated carbocycles. The molecule has 0 aliphatic carbocycles. The number of rotatable bonds is 14. The van der Waals surface area contributed by atoms with Crippen LogP contribution in [-0.4, -0.2) is 84.0 Å². The molecule has 2 unspecified atom stereocenters. The molecule has 0 aromatic heterocycles. The van der Waals surface area contributed by atoms with Gasteiger partial charge in [-0.2, -0.15) is 0 Å². The highest BCUT2D eigenvalue weighted by Crippen LogP contribution is 2.20. The van der Waals surface area contributed by atoms with E-state index in [0.717, 1.165) is 17.1 Å². The van der Waals surface area contributed by atoms with E-state index in [1.54, 1.807) is 18.2 Å². The van der Waals surface area contributed by atoms with Crippen molar-refractivity contribution in [3.05, 3.63) is 48.6 Å². The number of imide groups is 1. The first-order valence-corrected chi connectivity index (χ1v) is 10.4. The van der Waals surface area contributed by atoms with E-state index in [1.807, 2.05) is 0 Å². The third kappa shape index (κ3) is 9.04. The topological polar surface area (TPSA) is 149 Å². The number of hydrogen-bond donors (Lipinski definition) is 2. The summed E-state index contributed by atoms with van der Waals surface area (Å²) in [6.45, 7) is 3.96. The van der Waals surface area contributed by atoms with Crippen LogP contribution in [0.5, 0.6) is 11.5 Å². The van der Waals surface area contributed by atoms with Crippen molar-refractivity contribution in [2.75, 3.05) is 33.0 Å². The van der Waals surface area contributed by atoms with E-state index in [9.17, 15) is 29.4 Å². The molecule has 1 aliphatic rings. The van der Waals surface area contributed by atoms with Crippen molar-refractivity contribution in [3.63, 3.8) is 0 Å². The molecular formula is C23H27NO10. The van der Waals surface area contributed by atoms with Gasteiger partial charge in [-0.15, -0.1) is 0 Å². The van der Waals surface area contributed by atoms with Crippen LogP contribution in [0.1, 0.15) is 13.3 Å². The Bertz CT molecular complexity index is 923. The van der Waals surface area contributed by atoms with Crippen molar-refractivity contribution < 1.29 is 48.3 Å². The van der Waals surface area contributed by atoms with Crippen LogP contribution in [0.4, 0.5) is 0 Å². The Kier molecular flexibility index (Phi) is 10.2. The third-order valence-electron chi connectivity index (χ3n) is 4.32. The Morgan fingerprint density at radius 1 is 0.941 bits per heavy atom. The fraction of sp³-hybridized carbons (Fsp3) is 0.391. The molecule has 0 saturated heterocycles. The smallest absolute Gasteiger partial charge is 0.333 e. The van der Waals surface area contributed by atoms with Gasteiger partial charge in [0.1, 0.15) is 50.1 Å². The highest BCUT2D eigenvalue weighted by molar-refractivity contribution is 6.13. The van der Waals surface area contributed by atoms with Gasteiger partial charge < -0.3 is 29.2 Å². The molecule has 1 heterocycles. The summed E-state index contributed by atoms with van der Waals surface area (Å²) in [5.41, 5.74) is 0.225. The maximum Gasteiger partial charge on any atom is 0.333 e. The van der Waals surface area contributed by atoms with Crippen LogP contribution in [0.3, 0.4) is 0 Å². The van der Waals surface area contributed by atoms with Gasteiger partial charge in [-0.05, 0) is 19.1 Å². The van der Waals surface area contributed by atoms with E-state index < -0.39 is 36.0 Å². The zero-order valence-corrected chi connectivity index (χ0v) is 18.7. The van der Waals surface area contributed by atoms with Gasteiger partial charge in [0.15, 0.2) is 0 Å². The normalized spacial score (nSPS) is 14.5.